The largest absolute Gasteiger partial charge is 0.494 e. The SMILES string of the molecule is CC.CC(C)(C)c1ccc(C=O)cc1.CCCCCCCOc1ccc(-c2cnc(-c3ccc(CC(NC)C(=O)NSC)cc3)nc2)cc1. The lowest BCUT2D eigenvalue weighted by Crippen LogP contribution is -2.41. The molecule has 0 radical (unpaired) electrons. The van der Waals surface area contributed by atoms with Crippen LogP contribution in [0.15, 0.2) is 85.2 Å². The summed E-state index contributed by atoms with van der Waals surface area (Å²) >= 11 is 1.31. The Hall–Kier alpha value is -4.01. The van der Waals surface area contributed by atoms with E-state index in [0.29, 0.717) is 12.2 Å². The summed E-state index contributed by atoms with van der Waals surface area (Å²) in [4.78, 5) is 31.6. The summed E-state index contributed by atoms with van der Waals surface area (Å²) in [6, 6.07) is 23.6. The maximum atomic E-state index is 12.1. The standard InChI is InChI=1S/C28H36N4O2S.C11H14O.C2H6/c1-4-5-6-7-8-17-34-25-15-13-22(14-16-25)24-19-30-27(31-20-24)23-11-9-21(10-12-23)18-26(29-2)28(33)32-35-3;1-11(2,3)10-6-4-9(8-12)5-7-10;1-2/h9-16,19-20,26,29H,4-8,17-18H2,1-3H3,(H,32,33);4-8H,1-3H3;1-2H3. The fraction of sp³-hybridized carbons (Fsp3) is 0.415. The van der Waals surface area contributed by atoms with Crippen molar-refractivity contribution >= 4 is 24.1 Å². The highest BCUT2D eigenvalue weighted by atomic mass is 32.2. The van der Waals surface area contributed by atoms with E-state index in [4.69, 9.17) is 4.74 Å². The summed E-state index contributed by atoms with van der Waals surface area (Å²) in [7, 11) is 1.80. The van der Waals surface area contributed by atoms with Crippen LogP contribution in [-0.2, 0) is 16.6 Å². The van der Waals surface area contributed by atoms with Crippen LogP contribution in [0.25, 0.3) is 22.5 Å². The molecule has 1 aromatic heterocycles. The zero-order valence-corrected chi connectivity index (χ0v) is 31.5. The van der Waals surface area contributed by atoms with Crippen LogP contribution >= 0.6 is 11.9 Å². The first-order valence-electron chi connectivity index (χ1n) is 17.4. The monoisotopic (exact) mass is 684 g/mol. The first-order chi connectivity index (χ1) is 23.7. The van der Waals surface area contributed by atoms with Crippen LogP contribution in [-0.4, -0.2) is 48.1 Å². The molecule has 2 N–H and O–H groups in total. The normalized spacial score (nSPS) is 11.3. The Morgan fingerprint density at radius 3 is 1.96 bits per heavy atom. The van der Waals surface area contributed by atoms with E-state index in [1.165, 1.54) is 43.2 Å². The molecule has 0 spiro atoms. The van der Waals surface area contributed by atoms with Crippen molar-refractivity contribution in [1.82, 2.24) is 20.0 Å². The van der Waals surface area contributed by atoms with E-state index in [0.717, 1.165) is 52.9 Å². The molecule has 3 aromatic carbocycles. The number of carbonyl (C=O) groups is 2. The molecule has 7 nitrogen and oxygen atoms in total. The summed E-state index contributed by atoms with van der Waals surface area (Å²) in [6.45, 7) is 13.5. The van der Waals surface area contributed by atoms with Gasteiger partial charge in [0, 0.05) is 35.3 Å². The summed E-state index contributed by atoms with van der Waals surface area (Å²) in [6.07, 6.45) is 13.2. The Morgan fingerprint density at radius 2 is 1.43 bits per heavy atom. The highest BCUT2D eigenvalue weighted by molar-refractivity contribution is 7.97. The lowest BCUT2D eigenvalue weighted by molar-refractivity contribution is -0.121. The molecule has 1 unspecified atom stereocenters. The van der Waals surface area contributed by atoms with Gasteiger partial charge in [-0.15, -0.1) is 0 Å². The summed E-state index contributed by atoms with van der Waals surface area (Å²) in [5.74, 6) is 1.55. The van der Waals surface area contributed by atoms with Crippen molar-refractivity contribution in [3.8, 4) is 28.3 Å². The number of likely N-dealkylation sites (N-methyl/N-ethyl adjacent to an activating group) is 1. The highest BCUT2D eigenvalue weighted by Gasteiger charge is 2.16. The second-order valence-electron chi connectivity index (χ2n) is 12.5. The third-order valence-electron chi connectivity index (χ3n) is 7.79. The molecule has 1 heterocycles. The van der Waals surface area contributed by atoms with E-state index >= 15 is 0 Å². The Bertz CT molecular complexity index is 1480. The molecule has 0 aliphatic rings. The van der Waals surface area contributed by atoms with Gasteiger partial charge in [0.2, 0.25) is 5.91 Å². The molecule has 4 rings (SSSR count). The van der Waals surface area contributed by atoms with Crippen molar-refractivity contribution in [1.29, 1.82) is 0 Å². The maximum absolute atomic E-state index is 12.1. The first-order valence-corrected chi connectivity index (χ1v) is 18.6. The molecular formula is C41H56N4O3S. The van der Waals surface area contributed by atoms with Gasteiger partial charge < -0.3 is 10.1 Å². The molecular weight excluding hydrogens is 629 g/mol. The Morgan fingerprint density at radius 1 is 0.837 bits per heavy atom. The van der Waals surface area contributed by atoms with Gasteiger partial charge in [-0.2, -0.15) is 0 Å². The fourth-order valence-corrected chi connectivity index (χ4v) is 5.19. The van der Waals surface area contributed by atoms with Crippen molar-refractivity contribution in [2.24, 2.45) is 0 Å². The number of hydrogen-bond donors (Lipinski definition) is 2. The van der Waals surface area contributed by atoms with E-state index in [1.54, 1.807) is 7.05 Å². The molecule has 264 valence electrons. The number of ether oxygens (including phenoxy) is 1. The highest BCUT2D eigenvalue weighted by Crippen LogP contribution is 2.24. The number of benzene rings is 3. The maximum Gasteiger partial charge on any atom is 0.247 e. The molecule has 0 aliphatic heterocycles. The van der Waals surface area contributed by atoms with Crippen LogP contribution in [0.2, 0.25) is 0 Å². The van der Waals surface area contributed by atoms with Gasteiger partial charge in [0.1, 0.15) is 12.0 Å². The van der Waals surface area contributed by atoms with Gasteiger partial charge >= 0.3 is 0 Å². The van der Waals surface area contributed by atoms with E-state index in [9.17, 15) is 9.59 Å². The number of hydrogen-bond acceptors (Lipinski definition) is 7. The van der Waals surface area contributed by atoms with Crippen molar-refractivity contribution in [2.45, 2.75) is 91.5 Å². The number of nitrogens with zero attached hydrogens (tertiary/aromatic N) is 2. The topological polar surface area (TPSA) is 93.2 Å². The molecule has 0 bridgehead atoms. The zero-order valence-electron chi connectivity index (χ0n) is 30.7. The molecule has 8 heteroatoms. The van der Waals surface area contributed by atoms with Gasteiger partial charge in [-0.3, -0.25) is 14.3 Å². The van der Waals surface area contributed by atoms with Crippen molar-refractivity contribution < 1.29 is 14.3 Å². The minimum atomic E-state index is -0.272. The third-order valence-corrected chi connectivity index (χ3v) is 8.19. The summed E-state index contributed by atoms with van der Waals surface area (Å²) in [5, 5.41) is 3.07. The van der Waals surface area contributed by atoms with Gasteiger partial charge in [-0.25, -0.2) is 9.97 Å². The molecule has 49 heavy (non-hydrogen) atoms. The number of aromatic nitrogens is 2. The van der Waals surface area contributed by atoms with Crippen molar-refractivity contribution in [3.05, 3.63) is 102 Å². The molecule has 0 fully saturated rings. The first kappa shape index (κ1) is 41.2. The molecule has 1 atom stereocenters. The predicted octanol–water partition coefficient (Wildman–Crippen LogP) is 9.51. The predicted molar refractivity (Wildman–Crippen MR) is 207 cm³/mol. The van der Waals surface area contributed by atoms with Crippen LogP contribution in [0, 0.1) is 0 Å². The molecule has 1 amide bonds. The van der Waals surface area contributed by atoms with Gasteiger partial charge in [0.25, 0.3) is 0 Å². The van der Waals surface area contributed by atoms with Crippen molar-refractivity contribution in [3.63, 3.8) is 0 Å². The Kier molecular flexibility index (Phi) is 19.0. The number of nitrogens with one attached hydrogen (secondary N) is 2. The average molecular weight is 685 g/mol. The molecule has 0 aliphatic carbocycles. The second-order valence-corrected chi connectivity index (χ2v) is 13.1. The van der Waals surface area contributed by atoms with E-state index in [-0.39, 0.29) is 17.4 Å². The smallest absolute Gasteiger partial charge is 0.247 e. The van der Waals surface area contributed by atoms with E-state index in [1.807, 2.05) is 105 Å². The zero-order chi connectivity index (χ0) is 36.1. The van der Waals surface area contributed by atoms with Crippen LogP contribution < -0.4 is 14.8 Å². The third kappa shape index (κ3) is 14.6. The second kappa shape index (κ2) is 22.6. The number of unbranched alkanes of at least 4 members (excludes halogenated alkanes) is 4. The lowest BCUT2D eigenvalue weighted by atomic mass is 9.87. The number of carbonyl (C=O) groups excluding carboxylic acids is 2. The minimum Gasteiger partial charge on any atom is -0.494 e. The summed E-state index contributed by atoms with van der Waals surface area (Å²) in [5.41, 5.74) is 6.20. The Balaban J connectivity index is 0.000000498. The van der Waals surface area contributed by atoms with Gasteiger partial charge in [-0.1, -0.05) is 140 Å². The van der Waals surface area contributed by atoms with Crippen molar-refractivity contribution in [2.75, 3.05) is 19.9 Å². The Labute approximate surface area is 299 Å². The van der Waals surface area contributed by atoms with Gasteiger partial charge in [-0.05, 0) is 54.1 Å². The lowest BCUT2D eigenvalue weighted by Gasteiger charge is -2.18. The van der Waals surface area contributed by atoms with Gasteiger partial charge in [0.05, 0.1) is 12.6 Å². The number of amides is 1. The van der Waals surface area contributed by atoms with E-state index in [2.05, 4.69) is 47.7 Å². The quantitative estimate of drug-likeness (QED) is 0.0732. The molecule has 0 saturated carbocycles. The molecule has 4 aromatic rings. The number of aldehydes is 1. The fourth-order valence-electron chi connectivity index (χ4n) is 4.85. The summed E-state index contributed by atoms with van der Waals surface area (Å²) < 4.78 is 8.64. The van der Waals surface area contributed by atoms with Crippen LogP contribution in [0.3, 0.4) is 0 Å². The minimum absolute atomic E-state index is 0.0231. The van der Waals surface area contributed by atoms with Crippen LogP contribution in [0.1, 0.15) is 95.1 Å². The van der Waals surface area contributed by atoms with E-state index < -0.39 is 0 Å². The molecule has 0 saturated heterocycles. The van der Waals surface area contributed by atoms with Crippen LogP contribution in [0.5, 0.6) is 5.75 Å². The average Bonchev–Trinajstić information content (AvgIpc) is 3.13. The van der Waals surface area contributed by atoms with Crippen LogP contribution in [0.4, 0.5) is 0 Å². The number of rotatable bonds is 15. The van der Waals surface area contributed by atoms with Gasteiger partial charge in [0.15, 0.2) is 5.82 Å².